The second-order valence-electron chi connectivity index (χ2n) is 4.54. The minimum atomic E-state index is -1.37. The van der Waals surface area contributed by atoms with Crippen LogP contribution < -0.4 is 5.56 Å². The molecule has 8 nitrogen and oxygen atoms in total. The Kier molecular flexibility index (Phi) is 3.05. The molecule has 4 N–H and O–H groups in total. The van der Waals surface area contributed by atoms with Gasteiger partial charge < -0.3 is 25.0 Å². The van der Waals surface area contributed by atoms with Crippen molar-refractivity contribution in [2.24, 2.45) is 0 Å². The van der Waals surface area contributed by atoms with Gasteiger partial charge in [-0.3, -0.25) is 9.36 Å². The SMILES string of the molecule is O=c1[nH]cc(F)c2c1ncn2[C@@H]1O[C@H](CO)[C@@H](O)[C@H]1O. The Morgan fingerprint density at radius 3 is 2.85 bits per heavy atom. The fourth-order valence-corrected chi connectivity index (χ4v) is 2.33. The van der Waals surface area contributed by atoms with Gasteiger partial charge in [-0.25, -0.2) is 9.37 Å². The smallest absolute Gasteiger partial charge is 0.276 e. The molecule has 0 radical (unpaired) electrons. The second kappa shape index (κ2) is 4.63. The summed E-state index contributed by atoms with van der Waals surface area (Å²) in [5.74, 6) is -0.741. The number of aromatic nitrogens is 3. The number of nitrogens with one attached hydrogen (secondary N) is 1. The predicted molar refractivity (Wildman–Crippen MR) is 63.3 cm³/mol. The van der Waals surface area contributed by atoms with E-state index in [1.807, 2.05) is 0 Å². The van der Waals surface area contributed by atoms with Crippen molar-refractivity contribution in [2.45, 2.75) is 24.5 Å². The lowest BCUT2D eigenvalue weighted by Gasteiger charge is -2.17. The monoisotopic (exact) mass is 285 g/mol. The van der Waals surface area contributed by atoms with E-state index in [1.165, 1.54) is 0 Å². The normalized spacial score (nSPS) is 30.2. The van der Waals surface area contributed by atoms with E-state index in [4.69, 9.17) is 9.84 Å². The largest absolute Gasteiger partial charge is 0.394 e. The predicted octanol–water partition coefficient (Wildman–Crippen LogP) is -1.52. The molecule has 0 saturated carbocycles. The highest BCUT2D eigenvalue weighted by Gasteiger charge is 2.44. The third-order valence-corrected chi connectivity index (χ3v) is 3.36. The first-order valence-corrected chi connectivity index (χ1v) is 5.90. The summed E-state index contributed by atoms with van der Waals surface area (Å²) in [6.07, 6.45) is -2.79. The zero-order chi connectivity index (χ0) is 14.4. The molecular formula is C11H12FN3O5. The van der Waals surface area contributed by atoms with Crippen LogP contribution in [0.25, 0.3) is 11.0 Å². The molecule has 1 aliphatic rings. The number of aliphatic hydroxyl groups is 3. The van der Waals surface area contributed by atoms with Gasteiger partial charge in [-0.1, -0.05) is 0 Å². The van der Waals surface area contributed by atoms with Crippen LogP contribution in [0.1, 0.15) is 6.23 Å². The van der Waals surface area contributed by atoms with Crippen molar-refractivity contribution >= 4 is 11.0 Å². The maximum atomic E-state index is 13.8. The van der Waals surface area contributed by atoms with Gasteiger partial charge in [-0.05, 0) is 0 Å². The molecule has 3 rings (SSSR count). The lowest BCUT2D eigenvalue weighted by Crippen LogP contribution is -2.33. The molecule has 4 atom stereocenters. The lowest BCUT2D eigenvalue weighted by atomic mass is 10.1. The number of H-pyrrole nitrogens is 1. The number of ether oxygens (including phenoxy) is 1. The molecule has 0 aromatic carbocycles. The van der Waals surface area contributed by atoms with Crippen molar-refractivity contribution in [1.29, 1.82) is 0 Å². The quantitative estimate of drug-likeness (QED) is 0.531. The molecule has 0 bridgehead atoms. The van der Waals surface area contributed by atoms with Gasteiger partial charge in [0.1, 0.15) is 23.8 Å². The van der Waals surface area contributed by atoms with Crippen LogP contribution in [0.2, 0.25) is 0 Å². The van der Waals surface area contributed by atoms with Crippen LogP contribution in [0.5, 0.6) is 0 Å². The summed E-state index contributed by atoms with van der Waals surface area (Å²) in [5.41, 5.74) is -0.849. The Bertz CT molecular complexity index is 699. The Hall–Kier alpha value is -1.81. The van der Waals surface area contributed by atoms with Crippen molar-refractivity contribution in [3.8, 4) is 0 Å². The topological polar surface area (TPSA) is 121 Å². The molecule has 9 heteroatoms. The van der Waals surface area contributed by atoms with Gasteiger partial charge in [-0.2, -0.15) is 0 Å². The maximum absolute atomic E-state index is 13.8. The molecule has 1 fully saturated rings. The molecule has 0 unspecified atom stereocenters. The molecule has 2 aromatic rings. The third kappa shape index (κ3) is 1.75. The molecular weight excluding hydrogens is 273 g/mol. The lowest BCUT2D eigenvalue weighted by molar-refractivity contribution is -0.0510. The van der Waals surface area contributed by atoms with Crippen LogP contribution in [-0.4, -0.2) is 54.8 Å². The van der Waals surface area contributed by atoms with E-state index in [9.17, 15) is 19.4 Å². The number of hydrogen-bond donors (Lipinski definition) is 4. The highest BCUT2D eigenvalue weighted by molar-refractivity contribution is 5.74. The van der Waals surface area contributed by atoms with Crippen LogP contribution in [0.15, 0.2) is 17.3 Å². The molecule has 108 valence electrons. The van der Waals surface area contributed by atoms with Crippen molar-refractivity contribution in [1.82, 2.24) is 14.5 Å². The average Bonchev–Trinajstić information content (AvgIpc) is 2.99. The molecule has 2 aromatic heterocycles. The fourth-order valence-electron chi connectivity index (χ4n) is 2.33. The molecule has 0 spiro atoms. The van der Waals surface area contributed by atoms with Crippen molar-refractivity contribution in [3.05, 3.63) is 28.7 Å². The van der Waals surface area contributed by atoms with E-state index in [-0.39, 0.29) is 11.0 Å². The van der Waals surface area contributed by atoms with Crippen LogP contribution in [0.4, 0.5) is 4.39 Å². The average molecular weight is 285 g/mol. The first-order chi connectivity index (χ1) is 9.54. The summed E-state index contributed by atoms with van der Waals surface area (Å²) in [4.78, 5) is 17.5. The summed E-state index contributed by atoms with van der Waals surface area (Å²) < 4.78 is 20.2. The number of halogens is 1. The Morgan fingerprint density at radius 2 is 2.20 bits per heavy atom. The summed E-state index contributed by atoms with van der Waals surface area (Å²) in [6, 6.07) is 0. The number of hydrogen-bond acceptors (Lipinski definition) is 6. The van der Waals surface area contributed by atoms with Gasteiger partial charge in [0.25, 0.3) is 5.56 Å². The number of nitrogens with zero attached hydrogens (tertiary/aromatic N) is 2. The molecule has 0 aliphatic carbocycles. The Morgan fingerprint density at radius 1 is 1.45 bits per heavy atom. The van der Waals surface area contributed by atoms with Crippen molar-refractivity contribution < 1.29 is 24.4 Å². The summed E-state index contributed by atoms with van der Waals surface area (Å²) in [5, 5.41) is 28.6. The minimum Gasteiger partial charge on any atom is -0.394 e. The molecule has 0 amide bonds. The van der Waals surface area contributed by atoms with Gasteiger partial charge in [0.15, 0.2) is 17.6 Å². The number of rotatable bonds is 2. The van der Waals surface area contributed by atoms with E-state index in [0.717, 1.165) is 17.1 Å². The van der Waals surface area contributed by atoms with E-state index in [2.05, 4.69) is 9.97 Å². The molecule has 1 saturated heterocycles. The zero-order valence-corrected chi connectivity index (χ0v) is 10.1. The van der Waals surface area contributed by atoms with E-state index in [1.54, 1.807) is 0 Å². The maximum Gasteiger partial charge on any atom is 0.276 e. The van der Waals surface area contributed by atoms with Gasteiger partial charge in [0.05, 0.1) is 12.9 Å². The number of aliphatic hydroxyl groups excluding tert-OH is 3. The fraction of sp³-hybridized carbons (Fsp3) is 0.455. The second-order valence-corrected chi connectivity index (χ2v) is 4.54. The molecule has 20 heavy (non-hydrogen) atoms. The minimum absolute atomic E-state index is 0.136. The van der Waals surface area contributed by atoms with Gasteiger partial charge in [0, 0.05) is 6.20 Å². The number of fused-ring (bicyclic) bond motifs is 1. The van der Waals surface area contributed by atoms with Gasteiger partial charge in [0.2, 0.25) is 0 Å². The van der Waals surface area contributed by atoms with Crippen LogP contribution in [0, 0.1) is 5.82 Å². The zero-order valence-electron chi connectivity index (χ0n) is 10.1. The van der Waals surface area contributed by atoms with Gasteiger partial charge in [-0.15, -0.1) is 0 Å². The van der Waals surface area contributed by atoms with E-state index in [0.29, 0.717) is 0 Å². The summed E-state index contributed by atoms with van der Waals surface area (Å²) in [6.45, 7) is -0.496. The van der Waals surface area contributed by atoms with E-state index < -0.39 is 42.5 Å². The first kappa shape index (κ1) is 13.2. The highest BCUT2D eigenvalue weighted by atomic mass is 19.1. The third-order valence-electron chi connectivity index (χ3n) is 3.36. The summed E-state index contributed by atoms with van der Waals surface area (Å²) >= 11 is 0. The summed E-state index contributed by atoms with van der Waals surface area (Å²) in [7, 11) is 0. The van der Waals surface area contributed by atoms with Crippen LogP contribution in [-0.2, 0) is 4.74 Å². The van der Waals surface area contributed by atoms with Crippen molar-refractivity contribution in [2.75, 3.05) is 6.61 Å². The van der Waals surface area contributed by atoms with Crippen LogP contribution >= 0.6 is 0 Å². The standard InChI is InChI=1S/C11H12FN3O5/c12-4-1-13-10(19)6-7(4)15(3-14-6)11-9(18)8(17)5(2-16)20-11/h1,3,5,8-9,11,16-18H,2H2,(H,13,19)/t5-,8-,9-,11-/m1/s1. The van der Waals surface area contributed by atoms with E-state index >= 15 is 0 Å². The Labute approximate surface area is 111 Å². The number of imidazole rings is 1. The molecule has 3 heterocycles. The first-order valence-electron chi connectivity index (χ1n) is 5.90. The highest BCUT2D eigenvalue weighted by Crippen LogP contribution is 2.31. The van der Waals surface area contributed by atoms with Gasteiger partial charge >= 0.3 is 0 Å². The van der Waals surface area contributed by atoms with Crippen molar-refractivity contribution in [3.63, 3.8) is 0 Å². The van der Waals surface area contributed by atoms with Crippen LogP contribution in [0.3, 0.4) is 0 Å². The number of aromatic amines is 1. The number of pyridine rings is 1. The Balaban J connectivity index is 2.12. The molecule has 1 aliphatic heterocycles.